The molecule has 206 valence electrons. The first-order chi connectivity index (χ1) is 17.4. The van der Waals surface area contributed by atoms with Crippen LogP contribution in [-0.2, 0) is 30.4 Å². The minimum atomic E-state index is -1.54. The lowest BCUT2D eigenvalue weighted by molar-refractivity contribution is -0.143. The third-order valence-corrected chi connectivity index (χ3v) is 5.58. The van der Waals surface area contributed by atoms with Crippen molar-refractivity contribution in [3.05, 3.63) is 35.9 Å². The van der Waals surface area contributed by atoms with Crippen LogP contribution in [0.4, 0.5) is 0 Å². The number of unbranched alkanes of at least 4 members (excludes halogenated alkanes) is 1. The third kappa shape index (κ3) is 12.3. The largest absolute Gasteiger partial charge is 0.480 e. The highest BCUT2D eigenvalue weighted by Crippen LogP contribution is 2.09. The molecule has 0 heterocycles. The van der Waals surface area contributed by atoms with Gasteiger partial charge in [-0.05, 0) is 37.3 Å². The van der Waals surface area contributed by atoms with Crippen molar-refractivity contribution in [3.8, 4) is 0 Å². The summed E-state index contributed by atoms with van der Waals surface area (Å²) in [4.78, 5) is 61.6. The first-order valence-corrected chi connectivity index (χ1v) is 12.4. The highest BCUT2D eigenvalue weighted by molar-refractivity contribution is 5.95. The van der Waals surface area contributed by atoms with E-state index in [-0.39, 0.29) is 18.8 Å². The van der Waals surface area contributed by atoms with E-state index in [1.54, 1.807) is 24.3 Å². The summed E-state index contributed by atoms with van der Waals surface area (Å²) in [5.74, 6) is -4.29. The maximum absolute atomic E-state index is 13.3. The van der Waals surface area contributed by atoms with Gasteiger partial charge in [-0.15, -0.1) is 0 Å². The molecule has 0 spiro atoms. The third-order valence-electron chi connectivity index (χ3n) is 5.58. The molecule has 12 nitrogen and oxygen atoms in total. The Morgan fingerprint density at radius 2 is 1.43 bits per heavy atom. The molecular weight excluding hydrogens is 480 g/mol. The van der Waals surface area contributed by atoms with E-state index in [1.807, 2.05) is 19.9 Å². The summed E-state index contributed by atoms with van der Waals surface area (Å²) in [5, 5.41) is 16.9. The molecule has 0 unspecified atom stereocenters. The molecule has 0 fully saturated rings. The van der Waals surface area contributed by atoms with E-state index >= 15 is 0 Å². The fourth-order valence-corrected chi connectivity index (χ4v) is 3.63. The number of primary amides is 1. The van der Waals surface area contributed by atoms with Gasteiger partial charge in [-0.3, -0.25) is 19.2 Å². The lowest BCUT2D eigenvalue weighted by Crippen LogP contribution is -2.58. The van der Waals surface area contributed by atoms with Crippen molar-refractivity contribution >= 4 is 29.6 Å². The van der Waals surface area contributed by atoms with Crippen LogP contribution in [0, 0.1) is 5.92 Å². The van der Waals surface area contributed by atoms with Gasteiger partial charge in [0.05, 0.1) is 12.5 Å². The quantitative estimate of drug-likeness (QED) is 0.128. The molecule has 1 aromatic rings. The summed E-state index contributed by atoms with van der Waals surface area (Å²) in [6.45, 7) is 4.14. The number of carbonyl (C=O) groups excluding carboxylic acids is 4. The van der Waals surface area contributed by atoms with Gasteiger partial charge in [0.1, 0.15) is 18.1 Å². The van der Waals surface area contributed by atoms with E-state index in [1.165, 1.54) is 0 Å². The number of carbonyl (C=O) groups is 5. The van der Waals surface area contributed by atoms with Crippen LogP contribution in [0.3, 0.4) is 0 Å². The Hall–Kier alpha value is -3.51. The summed E-state index contributed by atoms with van der Waals surface area (Å²) in [6.07, 6.45) is 1.51. The van der Waals surface area contributed by atoms with E-state index in [0.717, 1.165) is 5.56 Å². The van der Waals surface area contributed by atoms with Crippen molar-refractivity contribution in [2.75, 3.05) is 6.54 Å². The second kappa shape index (κ2) is 16.3. The standard InChI is InChI=1S/C25H40N6O6/c1-15(2)12-18(23(34)31-20(25(36)37)14-21(28)32)30-24(35)19(13-16-8-4-3-5-9-16)29-22(33)17(27)10-6-7-11-26/h3-5,8-9,15,17-20H,6-7,10-14,26-27H2,1-2H3,(H2,28,32)(H,29,33)(H,30,35)(H,31,34)(H,36,37)/t17-,18-,19-,20-/m0/s1. The van der Waals surface area contributed by atoms with Crippen LogP contribution in [0.2, 0.25) is 0 Å². The van der Waals surface area contributed by atoms with Gasteiger partial charge in [0.25, 0.3) is 0 Å². The van der Waals surface area contributed by atoms with Crippen molar-refractivity contribution in [2.24, 2.45) is 23.1 Å². The molecule has 0 bridgehead atoms. The van der Waals surface area contributed by atoms with Crippen LogP contribution in [-0.4, -0.2) is 65.4 Å². The smallest absolute Gasteiger partial charge is 0.326 e. The molecule has 0 saturated carbocycles. The topological polar surface area (TPSA) is 220 Å². The van der Waals surface area contributed by atoms with Gasteiger partial charge in [0.15, 0.2) is 0 Å². The van der Waals surface area contributed by atoms with Crippen molar-refractivity contribution in [1.29, 1.82) is 0 Å². The average molecular weight is 521 g/mol. The fourth-order valence-electron chi connectivity index (χ4n) is 3.63. The predicted molar refractivity (Wildman–Crippen MR) is 138 cm³/mol. The highest BCUT2D eigenvalue weighted by atomic mass is 16.4. The molecule has 4 atom stereocenters. The van der Waals surface area contributed by atoms with E-state index in [9.17, 15) is 29.1 Å². The summed E-state index contributed by atoms with van der Waals surface area (Å²) in [6, 6.07) is 4.48. The number of rotatable bonds is 17. The molecule has 0 aliphatic carbocycles. The van der Waals surface area contributed by atoms with Crippen LogP contribution >= 0.6 is 0 Å². The average Bonchev–Trinajstić information content (AvgIpc) is 2.82. The van der Waals surface area contributed by atoms with Gasteiger partial charge < -0.3 is 38.3 Å². The first-order valence-electron chi connectivity index (χ1n) is 12.4. The second-order valence-corrected chi connectivity index (χ2v) is 9.40. The van der Waals surface area contributed by atoms with Gasteiger partial charge >= 0.3 is 5.97 Å². The summed E-state index contributed by atoms with van der Waals surface area (Å²) < 4.78 is 0. The van der Waals surface area contributed by atoms with Gasteiger partial charge in [-0.25, -0.2) is 4.79 Å². The molecule has 12 heteroatoms. The van der Waals surface area contributed by atoms with Gasteiger partial charge in [-0.2, -0.15) is 0 Å². The summed E-state index contributed by atoms with van der Waals surface area (Å²) in [7, 11) is 0. The zero-order chi connectivity index (χ0) is 28.0. The molecule has 10 N–H and O–H groups in total. The molecule has 37 heavy (non-hydrogen) atoms. The van der Waals surface area contributed by atoms with Crippen LogP contribution in [0.5, 0.6) is 0 Å². The van der Waals surface area contributed by atoms with Crippen molar-refractivity contribution in [3.63, 3.8) is 0 Å². The number of hydrogen-bond acceptors (Lipinski definition) is 7. The van der Waals surface area contributed by atoms with Gasteiger partial charge in [0.2, 0.25) is 23.6 Å². The number of hydrogen-bond donors (Lipinski definition) is 7. The Kier molecular flexibility index (Phi) is 13.9. The number of amides is 4. The monoisotopic (exact) mass is 520 g/mol. The number of aliphatic carboxylic acids is 1. The molecule has 1 aromatic carbocycles. The maximum atomic E-state index is 13.3. The predicted octanol–water partition coefficient (Wildman–Crippen LogP) is -0.854. The molecule has 0 aliphatic heterocycles. The molecule has 0 radical (unpaired) electrons. The van der Waals surface area contributed by atoms with Crippen molar-refractivity contribution in [2.45, 2.75) is 76.5 Å². The maximum Gasteiger partial charge on any atom is 0.326 e. The second-order valence-electron chi connectivity index (χ2n) is 9.40. The van der Waals surface area contributed by atoms with Crippen molar-refractivity contribution < 1.29 is 29.1 Å². The minimum Gasteiger partial charge on any atom is -0.480 e. The first kappa shape index (κ1) is 31.5. The zero-order valence-corrected chi connectivity index (χ0v) is 21.4. The molecule has 0 aliphatic rings. The molecule has 4 amide bonds. The number of carboxylic acids is 1. The lowest BCUT2D eigenvalue weighted by atomic mass is 10.00. The molecule has 1 rings (SSSR count). The van der Waals surface area contributed by atoms with E-state index in [4.69, 9.17) is 17.2 Å². The zero-order valence-electron chi connectivity index (χ0n) is 21.4. The number of nitrogens with one attached hydrogen (secondary N) is 3. The molecule has 0 aromatic heterocycles. The molecular formula is C25H40N6O6. The van der Waals surface area contributed by atoms with Crippen LogP contribution in [0.25, 0.3) is 0 Å². The Balaban J connectivity index is 3.07. The van der Waals surface area contributed by atoms with Crippen LogP contribution in [0.1, 0.15) is 51.5 Å². The van der Waals surface area contributed by atoms with Crippen LogP contribution < -0.4 is 33.2 Å². The number of benzene rings is 1. The highest BCUT2D eigenvalue weighted by Gasteiger charge is 2.31. The van der Waals surface area contributed by atoms with Gasteiger partial charge in [-0.1, -0.05) is 50.6 Å². The van der Waals surface area contributed by atoms with E-state index in [0.29, 0.717) is 25.8 Å². The summed E-state index contributed by atoms with van der Waals surface area (Å²) >= 11 is 0. The van der Waals surface area contributed by atoms with Crippen molar-refractivity contribution in [1.82, 2.24) is 16.0 Å². The summed E-state index contributed by atoms with van der Waals surface area (Å²) in [5.41, 5.74) is 17.3. The van der Waals surface area contributed by atoms with Crippen LogP contribution in [0.15, 0.2) is 30.3 Å². The Labute approximate surface area is 217 Å². The lowest BCUT2D eigenvalue weighted by Gasteiger charge is -2.26. The number of carboxylic acid groups (broad SMARTS) is 1. The van der Waals surface area contributed by atoms with Gasteiger partial charge in [0, 0.05) is 6.42 Å². The molecule has 0 saturated heterocycles. The normalized spacial score (nSPS) is 14.2. The SMILES string of the molecule is CC(C)C[C@H](NC(=O)[C@H](Cc1ccccc1)NC(=O)[C@@H](N)CCCCN)C(=O)N[C@@H](CC(N)=O)C(=O)O. The Morgan fingerprint density at radius 3 is 1.97 bits per heavy atom. The van der Waals surface area contributed by atoms with E-state index in [2.05, 4.69) is 16.0 Å². The Bertz CT molecular complexity index is 910. The number of nitrogens with two attached hydrogens (primary N) is 3. The Morgan fingerprint density at radius 1 is 0.865 bits per heavy atom. The minimum absolute atomic E-state index is 0.0476. The fraction of sp³-hybridized carbons (Fsp3) is 0.560. The van der Waals surface area contributed by atoms with E-state index < -0.39 is 60.2 Å².